The average molecular weight is 706 g/mol. The number of ketones is 1. The van der Waals surface area contributed by atoms with Gasteiger partial charge in [-0.05, 0) is 86.3 Å². The second kappa shape index (κ2) is 15.8. The number of halogens is 8. The molecule has 2 aromatic rings. The quantitative estimate of drug-likeness (QED) is 0.161. The number of hydrogen-bond donors (Lipinski definition) is 2. The van der Waals surface area contributed by atoms with Crippen molar-refractivity contribution in [3.8, 4) is 0 Å². The molecule has 1 heterocycles. The summed E-state index contributed by atoms with van der Waals surface area (Å²) >= 11 is 12.6. The first-order chi connectivity index (χ1) is 22.1. The molecular formula is C34H40Cl2F6N4O. The molecule has 0 aromatic heterocycles. The molecule has 0 radical (unpaired) electrons. The molecule has 47 heavy (non-hydrogen) atoms. The number of carbonyl (C=O) groups is 1. The van der Waals surface area contributed by atoms with Gasteiger partial charge in [0, 0.05) is 50.5 Å². The van der Waals surface area contributed by atoms with E-state index in [1.54, 1.807) is 18.2 Å². The molecule has 4 rings (SSSR count). The van der Waals surface area contributed by atoms with Crippen molar-refractivity contribution in [1.82, 2.24) is 9.80 Å². The SMILES string of the molecule is N=CCC[C@@](CCN1CCN(C2CCCCC2)CC1)(CC(=N)C(=O)Cc1cc(C(F)(F)F)cc(C(F)(F)F)c1)c1ccc(Cl)c(Cl)c1. The minimum absolute atomic E-state index is 0.0148. The van der Waals surface area contributed by atoms with E-state index in [1.165, 1.54) is 38.3 Å². The van der Waals surface area contributed by atoms with E-state index in [4.69, 9.17) is 34.0 Å². The first-order valence-electron chi connectivity index (χ1n) is 15.9. The molecule has 13 heteroatoms. The van der Waals surface area contributed by atoms with Crippen LogP contribution in [-0.2, 0) is 29.0 Å². The van der Waals surface area contributed by atoms with Gasteiger partial charge in [0.1, 0.15) is 0 Å². The average Bonchev–Trinajstić information content (AvgIpc) is 3.03. The number of Topliss-reactive ketones (excluding diaryl/α,β-unsaturated/α-hetero) is 1. The highest BCUT2D eigenvalue weighted by Crippen LogP contribution is 2.41. The van der Waals surface area contributed by atoms with Gasteiger partial charge in [-0.1, -0.05) is 48.5 Å². The van der Waals surface area contributed by atoms with Crippen molar-refractivity contribution in [2.75, 3.05) is 32.7 Å². The Bertz CT molecular complexity index is 1390. The van der Waals surface area contributed by atoms with Crippen molar-refractivity contribution < 1.29 is 31.1 Å². The van der Waals surface area contributed by atoms with Crippen LogP contribution in [-0.4, -0.2) is 66.3 Å². The monoisotopic (exact) mass is 704 g/mol. The maximum absolute atomic E-state index is 13.4. The minimum atomic E-state index is -5.05. The van der Waals surface area contributed by atoms with Gasteiger partial charge in [0.25, 0.3) is 0 Å². The van der Waals surface area contributed by atoms with Crippen molar-refractivity contribution in [3.63, 3.8) is 0 Å². The highest BCUT2D eigenvalue weighted by Gasteiger charge is 2.39. The lowest BCUT2D eigenvalue weighted by Crippen LogP contribution is -2.51. The second-order valence-electron chi connectivity index (χ2n) is 12.7. The van der Waals surface area contributed by atoms with Crippen LogP contribution in [0, 0.1) is 10.8 Å². The summed E-state index contributed by atoms with van der Waals surface area (Å²) in [5, 5.41) is 17.1. The smallest absolute Gasteiger partial charge is 0.313 e. The highest BCUT2D eigenvalue weighted by molar-refractivity contribution is 6.42. The first kappa shape index (κ1) is 37.4. The number of nitrogens with one attached hydrogen (secondary N) is 2. The first-order valence-corrected chi connectivity index (χ1v) is 16.7. The Hall–Kier alpha value is -2.47. The third-order valence-corrected chi connectivity index (χ3v) is 10.3. The molecule has 2 aliphatic rings. The number of benzene rings is 2. The van der Waals surface area contributed by atoms with Gasteiger partial charge in [0.15, 0.2) is 5.78 Å². The van der Waals surface area contributed by atoms with Gasteiger partial charge in [-0.15, -0.1) is 0 Å². The predicted molar refractivity (Wildman–Crippen MR) is 173 cm³/mol. The normalized spacial score (nSPS) is 18.6. The number of rotatable bonds is 13. The van der Waals surface area contributed by atoms with Gasteiger partial charge in [0.05, 0.1) is 26.9 Å². The Morgan fingerprint density at radius 1 is 0.830 bits per heavy atom. The second-order valence-corrected chi connectivity index (χ2v) is 13.6. The number of piperazine rings is 1. The topological polar surface area (TPSA) is 71.2 Å². The Labute approximate surface area is 281 Å². The van der Waals surface area contributed by atoms with E-state index in [-0.39, 0.29) is 17.5 Å². The summed E-state index contributed by atoms with van der Waals surface area (Å²) in [6.45, 7) is 4.21. The van der Waals surface area contributed by atoms with Crippen LogP contribution < -0.4 is 0 Å². The molecule has 1 atom stereocenters. The van der Waals surface area contributed by atoms with E-state index in [0.717, 1.165) is 26.2 Å². The van der Waals surface area contributed by atoms with Crippen molar-refractivity contribution >= 4 is 40.9 Å². The third kappa shape index (κ3) is 10.0. The summed E-state index contributed by atoms with van der Waals surface area (Å²) in [6, 6.07) is 6.73. The summed E-state index contributed by atoms with van der Waals surface area (Å²) in [4.78, 5) is 18.2. The maximum Gasteiger partial charge on any atom is 0.416 e. The fourth-order valence-corrected chi connectivity index (χ4v) is 7.19. The van der Waals surface area contributed by atoms with E-state index < -0.39 is 52.4 Å². The summed E-state index contributed by atoms with van der Waals surface area (Å²) < 4.78 is 80.6. The lowest BCUT2D eigenvalue weighted by Gasteiger charge is -2.42. The number of hydrogen-bond acceptors (Lipinski definition) is 5. The summed E-state index contributed by atoms with van der Waals surface area (Å²) in [7, 11) is 0. The molecule has 0 spiro atoms. The maximum atomic E-state index is 13.4. The Morgan fingerprint density at radius 3 is 2.00 bits per heavy atom. The molecule has 0 amide bonds. The van der Waals surface area contributed by atoms with Crippen LogP contribution in [0.1, 0.15) is 80.0 Å². The summed E-state index contributed by atoms with van der Waals surface area (Å²) in [5.41, 5.74) is -4.09. The lowest BCUT2D eigenvalue weighted by molar-refractivity contribution is -0.143. The number of nitrogens with zero attached hydrogens (tertiary/aromatic N) is 2. The molecule has 5 nitrogen and oxygen atoms in total. The highest BCUT2D eigenvalue weighted by atomic mass is 35.5. The fraction of sp³-hybridized carbons (Fsp3) is 0.559. The van der Waals surface area contributed by atoms with Gasteiger partial charge < -0.3 is 15.7 Å². The van der Waals surface area contributed by atoms with Crippen molar-refractivity contribution in [3.05, 3.63) is 68.7 Å². The van der Waals surface area contributed by atoms with E-state index in [1.807, 2.05) is 0 Å². The largest absolute Gasteiger partial charge is 0.416 e. The lowest BCUT2D eigenvalue weighted by atomic mass is 9.69. The van der Waals surface area contributed by atoms with Crippen molar-refractivity contribution in [2.24, 2.45) is 0 Å². The fourth-order valence-electron chi connectivity index (χ4n) is 6.89. The molecule has 1 aliphatic carbocycles. The zero-order valence-electron chi connectivity index (χ0n) is 26.1. The van der Waals surface area contributed by atoms with Gasteiger partial charge in [-0.2, -0.15) is 26.3 Å². The molecule has 0 unspecified atom stereocenters. The van der Waals surface area contributed by atoms with E-state index in [2.05, 4.69) is 9.80 Å². The molecule has 0 bridgehead atoms. The Morgan fingerprint density at radius 2 is 1.45 bits per heavy atom. The van der Waals surface area contributed by atoms with Crippen molar-refractivity contribution in [1.29, 1.82) is 10.8 Å². The van der Waals surface area contributed by atoms with E-state index >= 15 is 0 Å². The molecular weight excluding hydrogens is 665 g/mol. The minimum Gasteiger partial charge on any atom is -0.313 e. The Balaban J connectivity index is 1.56. The third-order valence-electron chi connectivity index (χ3n) is 9.57. The molecule has 1 saturated carbocycles. The standard InChI is InChI=1S/C34H40Cl2F6N4O/c35-28-8-7-24(21-29(28)36)32(9-4-11-43,10-12-45-13-15-46(16-14-45)27-5-2-1-3-6-27)22-30(44)31(47)19-23-17-25(33(37,38)39)20-26(18-23)34(40,41)42/h7-8,11,17-18,20-21,27,43-44H,1-6,9-10,12-16,19,22H2/t32-/m1/s1. The van der Waals surface area contributed by atoms with Crippen LogP contribution in [0.5, 0.6) is 0 Å². The van der Waals surface area contributed by atoms with Crippen LogP contribution >= 0.6 is 23.2 Å². The Kier molecular flexibility index (Phi) is 12.6. The van der Waals surface area contributed by atoms with Gasteiger partial charge in [-0.3, -0.25) is 9.69 Å². The summed E-state index contributed by atoms with van der Waals surface area (Å²) in [5.74, 6) is -0.877. The van der Waals surface area contributed by atoms with Crippen LogP contribution in [0.4, 0.5) is 26.3 Å². The van der Waals surface area contributed by atoms with Gasteiger partial charge in [0.2, 0.25) is 0 Å². The van der Waals surface area contributed by atoms with Gasteiger partial charge >= 0.3 is 12.4 Å². The number of alkyl halides is 6. The van der Waals surface area contributed by atoms with Crippen LogP contribution in [0.2, 0.25) is 10.0 Å². The molecule has 1 aliphatic heterocycles. The van der Waals surface area contributed by atoms with E-state index in [9.17, 15) is 31.1 Å². The van der Waals surface area contributed by atoms with Crippen LogP contribution in [0.25, 0.3) is 0 Å². The summed E-state index contributed by atoms with van der Waals surface area (Å²) in [6.07, 6.45) is -2.38. The number of carbonyl (C=O) groups excluding carboxylic acids is 1. The molecule has 2 N–H and O–H groups in total. The van der Waals surface area contributed by atoms with Crippen LogP contribution in [0.3, 0.4) is 0 Å². The van der Waals surface area contributed by atoms with Crippen LogP contribution in [0.15, 0.2) is 36.4 Å². The van der Waals surface area contributed by atoms with Crippen molar-refractivity contribution in [2.45, 2.75) is 88.0 Å². The predicted octanol–water partition coefficient (Wildman–Crippen LogP) is 9.26. The molecule has 1 saturated heterocycles. The van der Waals surface area contributed by atoms with Gasteiger partial charge in [-0.25, -0.2) is 0 Å². The molecule has 2 aromatic carbocycles. The van der Waals surface area contributed by atoms with E-state index in [0.29, 0.717) is 54.6 Å². The zero-order chi connectivity index (χ0) is 34.4. The molecule has 258 valence electrons. The molecule has 2 fully saturated rings. The zero-order valence-corrected chi connectivity index (χ0v) is 27.6.